The van der Waals surface area contributed by atoms with E-state index in [-0.39, 0.29) is 36.2 Å². The third-order valence-electron chi connectivity index (χ3n) is 4.30. The minimum atomic E-state index is -0.434. The van der Waals surface area contributed by atoms with Crippen LogP contribution in [0.4, 0.5) is 5.69 Å². The zero-order valence-electron chi connectivity index (χ0n) is 14.9. The van der Waals surface area contributed by atoms with E-state index in [1.54, 1.807) is 18.2 Å². The lowest BCUT2D eigenvalue weighted by molar-refractivity contribution is -0.386. The Bertz CT molecular complexity index is 678. The van der Waals surface area contributed by atoms with E-state index in [4.69, 9.17) is 4.74 Å². The van der Waals surface area contributed by atoms with Gasteiger partial charge in [-0.15, -0.1) is 0 Å². The van der Waals surface area contributed by atoms with Crippen LogP contribution >= 0.6 is 0 Å². The van der Waals surface area contributed by atoms with Crippen LogP contribution in [0.15, 0.2) is 18.2 Å². The first-order valence-electron chi connectivity index (χ1n) is 8.33. The number of benzene rings is 1. The quantitative estimate of drug-likeness (QED) is 0.419. The Hall–Kier alpha value is -2.68. The van der Waals surface area contributed by atoms with E-state index in [1.807, 2.05) is 4.90 Å². The van der Waals surface area contributed by atoms with E-state index in [9.17, 15) is 19.7 Å². The highest BCUT2D eigenvalue weighted by atomic mass is 16.6. The molecular formula is C17H23N3O6. The van der Waals surface area contributed by atoms with E-state index in [2.05, 4.69) is 10.1 Å². The average Bonchev–Trinajstić information content (AvgIpc) is 3.05. The number of hydrogen-bond acceptors (Lipinski definition) is 7. The van der Waals surface area contributed by atoms with Gasteiger partial charge < -0.3 is 14.8 Å². The molecule has 1 atom stereocenters. The van der Waals surface area contributed by atoms with Gasteiger partial charge in [0.2, 0.25) is 5.91 Å². The van der Waals surface area contributed by atoms with Crippen molar-refractivity contribution in [2.24, 2.45) is 0 Å². The Morgan fingerprint density at radius 2 is 2.12 bits per heavy atom. The van der Waals surface area contributed by atoms with Crippen LogP contribution in [-0.2, 0) is 20.9 Å². The molecule has 1 aromatic carbocycles. The monoisotopic (exact) mass is 365 g/mol. The first-order chi connectivity index (χ1) is 12.4. The van der Waals surface area contributed by atoms with Crippen molar-refractivity contribution in [3.05, 3.63) is 33.9 Å². The van der Waals surface area contributed by atoms with Crippen molar-refractivity contribution in [2.75, 3.05) is 27.3 Å². The molecule has 0 aliphatic carbocycles. The number of rotatable bonds is 8. The number of ether oxygens (including phenoxy) is 2. The lowest BCUT2D eigenvalue weighted by Gasteiger charge is -2.17. The van der Waals surface area contributed by atoms with Crippen LogP contribution in [0.5, 0.6) is 5.75 Å². The predicted molar refractivity (Wildman–Crippen MR) is 92.7 cm³/mol. The highest BCUT2D eigenvalue weighted by Gasteiger charge is 2.27. The van der Waals surface area contributed by atoms with Gasteiger partial charge in [0.25, 0.3) is 0 Å². The normalized spacial score (nSPS) is 16.9. The molecule has 0 radical (unpaired) electrons. The maximum absolute atomic E-state index is 11.9. The summed E-state index contributed by atoms with van der Waals surface area (Å²) in [7, 11) is 2.69. The molecule has 1 heterocycles. The van der Waals surface area contributed by atoms with Gasteiger partial charge in [0, 0.05) is 37.7 Å². The lowest BCUT2D eigenvalue weighted by atomic mass is 10.1. The van der Waals surface area contributed by atoms with Crippen LogP contribution in [0.25, 0.3) is 0 Å². The molecular weight excluding hydrogens is 342 g/mol. The van der Waals surface area contributed by atoms with Crippen LogP contribution in [0.2, 0.25) is 0 Å². The van der Waals surface area contributed by atoms with Gasteiger partial charge in [-0.25, -0.2) is 0 Å². The third-order valence-corrected chi connectivity index (χ3v) is 4.30. The standard InChI is InChI=1S/C17H23N3O6/c1-25-14-5-3-4-12(17(14)20(23)24)10-19-9-8-13(11-19)18-15(21)6-7-16(22)26-2/h3-5,13H,6-11H2,1-2H3,(H,18,21). The highest BCUT2D eigenvalue weighted by molar-refractivity contribution is 5.81. The first kappa shape index (κ1) is 19.6. The molecule has 1 aliphatic rings. The van der Waals surface area contributed by atoms with Crippen molar-refractivity contribution in [3.63, 3.8) is 0 Å². The smallest absolute Gasteiger partial charge is 0.315 e. The van der Waals surface area contributed by atoms with Gasteiger partial charge in [0.15, 0.2) is 5.75 Å². The maximum Gasteiger partial charge on any atom is 0.315 e. The summed E-state index contributed by atoms with van der Waals surface area (Å²) in [5.74, 6) is -0.382. The molecule has 9 heteroatoms. The summed E-state index contributed by atoms with van der Waals surface area (Å²) in [5, 5.41) is 14.2. The molecule has 142 valence electrons. The fourth-order valence-corrected chi connectivity index (χ4v) is 3.02. The molecule has 0 aromatic heterocycles. The molecule has 1 amide bonds. The summed E-state index contributed by atoms with van der Waals surface area (Å²) in [6, 6.07) is 4.96. The number of likely N-dealkylation sites (tertiary alicyclic amines) is 1. The van der Waals surface area contributed by atoms with E-state index in [1.165, 1.54) is 14.2 Å². The molecule has 1 saturated heterocycles. The molecule has 0 bridgehead atoms. The number of nitro benzene ring substituents is 1. The molecule has 0 spiro atoms. The molecule has 1 fully saturated rings. The zero-order valence-corrected chi connectivity index (χ0v) is 14.9. The number of nitrogens with one attached hydrogen (secondary N) is 1. The van der Waals surface area contributed by atoms with Gasteiger partial charge in [0.05, 0.1) is 25.6 Å². The van der Waals surface area contributed by atoms with Crippen molar-refractivity contribution < 1.29 is 24.0 Å². The van der Waals surface area contributed by atoms with Gasteiger partial charge >= 0.3 is 11.7 Å². The number of nitro groups is 1. The molecule has 1 unspecified atom stereocenters. The van der Waals surface area contributed by atoms with Gasteiger partial charge in [-0.3, -0.25) is 24.6 Å². The zero-order chi connectivity index (χ0) is 19.1. The Morgan fingerprint density at radius 3 is 2.77 bits per heavy atom. The van der Waals surface area contributed by atoms with E-state index < -0.39 is 10.9 Å². The fraction of sp³-hybridized carbons (Fsp3) is 0.529. The van der Waals surface area contributed by atoms with E-state index in [0.717, 1.165) is 13.0 Å². The van der Waals surface area contributed by atoms with E-state index in [0.29, 0.717) is 18.7 Å². The number of para-hydroxylation sites is 1. The Kier molecular flexibility index (Phi) is 6.90. The third kappa shape index (κ3) is 5.16. The van der Waals surface area contributed by atoms with Gasteiger partial charge in [-0.2, -0.15) is 0 Å². The summed E-state index contributed by atoms with van der Waals surface area (Å²) in [4.78, 5) is 35.9. The van der Waals surface area contributed by atoms with Crippen LogP contribution in [0, 0.1) is 10.1 Å². The number of hydrogen-bond donors (Lipinski definition) is 1. The number of carbonyl (C=O) groups excluding carboxylic acids is 2. The summed E-state index contributed by atoms with van der Waals surface area (Å²) in [5.41, 5.74) is 0.549. The minimum Gasteiger partial charge on any atom is -0.490 e. The van der Waals surface area contributed by atoms with Crippen LogP contribution < -0.4 is 10.1 Å². The van der Waals surface area contributed by atoms with Crippen molar-refractivity contribution in [1.29, 1.82) is 0 Å². The van der Waals surface area contributed by atoms with Gasteiger partial charge in [-0.1, -0.05) is 12.1 Å². The van der Waals surface area contributed by atoms with Crippen LogP contribution in [-0.4, -0.2) is 55.1 Å². The van der Waals surface area contributed by atoms with Gasteiger partial charge in [0.1, 0.15) is 0 Å². The maximum atomic E-state index is 11.9. The molecule has 1 aliphatic heterocycles. The average molecular weight is 365 g/mol. The number of nitrogens with zero attached hydrogens (tertiary/aromatic N) is 2. The Balaban J connectivity index is 1.91. The minimum absolute atomic E-state index is 0.0273. The topological polar surface area (TPSA) is 111 Å². The Labute approximate surface area is 151 Å². The SMILES string of the molecule is COC(=O)CCC(=O)NC1CCN(Cc2cccc(OC)c2[N+](=O)[O-])C1. The van der Waals surface area contributed by atoms with E-state index >= 15 is 0 Å². The molecule has 2 rings (SSSR count). The van der Waals surface area contributed by atoms with Crippen molar-refractivity contribution in [1.82, 2.24) is 10.2 Å². The molecule has 1 aromatic rings. The number of methoxy groups -OCH3 is 2. The largest absolute Gasteiger partial charge is 0.490 e. The first-order valence-corrected chi connectivity index (χ1v) is 8.33. The lowest BCUT2D eigenvalue weighted by Crippen LogP contribution is -2.37. The van der Waals surface area contributed by atoms with Crippen molar-refractivity contribution >= 4 is 17.6 Å². The Morgan fingerprint density at radius 1 is 1.35 bits per heavy atom. The summed E-state index contributed by atoms with van der Waals surface area (Å²) in [6.07, 6.45) is 0.890. The second-order valence-electron chi connectivity index (χ2n) is 6.09. The molecule has 1 N–H and O–H groups in total. The number of amides is 1. The number of carbonyl (C=O) groups is 2. The van der Waals surface area contributed by atoms with Crippen molar-refractivity contribution in [2.45, 2.75) is 31.8 Å². The van der Waals surface area contributed by atoms with Crippen LogP contribution in [0.1, 0.15) is 24.8 Å². The van der Waals surface area contributed by atoms with Crippen LogP contribution in [0.3, 0.4) is 0 Å². The van der Waals surface area contributed by atoms with Crippen molar-refractivity contribution in [3.8, 4) is 5.75 Å². The molecule has 26 heavy (non-hydrogen) atoms. The second-order valence-corrected chi connectivity index (χ2v) is 6.09. The molecule has 0 saturated carbocycles. The summed E-state index contributed by atoms with van der Waals surface area (Å²) in [6.45, 7) is 1.72. The summed E-state index contributed by atoms with van der Waals surface area (Å²) >= 11 is 0. The predicted octanol–water partition coefficient (Wildman–Crippen LogP) is 1.25. The number of esters is 1. The van der Waals surface area contributed by atoms with Gasteiger partial charge in [-0.05, 0) is 12.5 Å². The fourth-order valence-electron chi connectivity index (χ4n) is 3.02. The highest BCUT2D eigenvalue weighted by Crippen LogP contribution is 2.31. The molecule has 9 nitrogen and oxygen atoms in total. The summed E-state index contributed by atoms with van der Waals surface area (Å²) < 4.78 is 9.60. The second kappa shape index (κ2) is 9.14.